The van der Waals surface area contributed by atoms with Gasteiger partial charge in [0.15, 0.2) is 0 Å². The van der Waals surface area contributed by atoms with Crippen molar-refractivity contribution >= 4 is 0 Å². The Morgan fingerprint density at radius 2 is 2.00 bits per heavy atom. The van der Waals surface area contributed by atoms with Crippen molar-refractivity contribution in [2.75, 3.05) is 20.6 Å². The van der Waals surface area contributed by atoms with Crippen molar-refractivity contribution in [3.63, 3.8) is 0 Å². The fourth-order valence-electron chi connectivity index (χ4n) is 1.77. The number of hydrogen-bond acceptors (Lipinski definition) is 2. The lowest BCUT2D eigenvalue weighted by Gasteiger charge is -2.35. The maximum atomic E-state index is 3.31. The molecule has 0 atom stereocenters. The first kappa shape index (κ1) is 9.01. The molecule has 0 aliphatic heterocycles. The molecule has 2 nitrogen and oxygen atoms in total. The largest absolute Gasteiger partial charge is 0.320 e. The molecule has 1 aliphatic rings. The van der Waals surface area contributed by atoms with Gasteiger partial charge in [-0.3, -0.25) is 0 Å². The summed E-state index contributed by atoms with van der Waals surface area (Å²) in [6.45, 7) is 1.18. The van der Waals surface area contributed by atoms with E-state index in [2.05, 4.69) is 17.7 Å². The highest BCUT2D eigenvalue weighted by Crippen LogP contribution is 2.30. The Bertz CT molecular complexity index is 97.7. The van der Waals surface area contributed by atoms with E-state index < -0.39 is 0 Å². The number of hydrogen-bond donors (Lipinski definition) is 2. The van der Waals surface area contributed by atoms with Gasteiger partial charge in [0.05, 0.1) is 0 Å². The quantitative estimate of drug-likeness (QED) is 0.580. The van der Waals surface area contributed by atoms with Crippen molar-refractivity contribution < 1.29 is 0 Å². The maximum absolute atomic E-state index is 3.31. The van der Waals surface area contributed by atoms with Gasteiger partial charge in [0, 0.05) is 6.04 Å². The molecule has 0 aromatic rings. The lowest BCUT2D eigenvalue weighted by molar-refractivity contribution is 0.216. The van der Waals surface area contributed by atoms with Crippen LogP contribution < -0.4 is 10.6 Å². The second kappa shape index (κ2) is 4.73. The van der Waals surface area contributed by atoms with Gasteiger partial charge in [-0.2, -0.15) is 0 Å². The van der Waals surface area contributed by atoms with Crippen molar-refractivity contribution in [3.05, 3.63) is 0 Å². The summed E-state index contributed by atoms with van der Waals surface area (Å²) in [5.74, 6) is 1.01. The van der Waals surface area contributed by atoms with Gasteiger partial charge in [-0.25, -0.2) is 0 Å². The molecule has 0 heterocycles. The molecule has 0 amide bonds. The zero-order valence-corrected chi connectivity index (χ0v) is 7.69. The van der Waals surface area contributed by atoms with E-state index in [0.29, 0.717) is 0 Å². The van der Waals surface area contributed by atoms with Crippen LogP contribution in [0.4, 0.5) is 0 Å². The second-order valence-corrected chi connectivity index (χ2v) is 3.57. The Balaban J connectivity index is 1.88. The summed E-state index contributed by atoms with van der Waals surface area (Å²) < 4.78 is 0. The predicted octanol–water partition coefficient (Wildman–Crippen LogP) is 0.984. The van der Waals surface area contributed by atoms with Gasteiger partial charge in [-0.15, -0.1) is 0 Å². The first-order valence-electron chi connectivity index (χ1n) is 4.68. The molecule has 0 aromatic carbocycles. The SMILES string of the molecule is CNCCCC1CC(NC)C1. The summed E-state index contributed by atoms with van der Waals surface area (Å²) >= 11 is 0. The van der Waals surface area contributed by atoms with E-state index in [1.165, 1.54) is 32.2 Å². The van der Waals surface area contributed by atoms with Gasteiger partial charge >= 0.3 is 0 Å². The van der Waals surface area contributed by atoms with Gasteiger partial charge in [-0.05, 0) is 52.2 Å². The molecule has 0 aromatic heterocycles. The molecule has 0 radical (unpaired) electrons. The minimum absolute atomic E-state index is 0.828. The Morgan fingerprint density at radius 1 is 1.27 bits per heavy atom. The van der Waals surface area contributed by atoms with Crippen molar-refractivity contribution in [1.82, 2.24) is 10.6 Å². The number of rotatable bonds is 5. The lowest BCUT2D eigenvalue weighted by Crippen LogP contribution is -2.39. The average molecular weight is 156 g/mol. The summed E-state index contributed by atoms with van der Waals surface area (Å²) in [7, 11) is 4.09. The van der Waals surface area contributed by atoms with E-state index in [9.17, 15) is 0 Å². The second-order valence-electron chi connectivity index (χ2n) is 3.57. The first-order chi connectivity index (χ1) is 5.36. The van der Waals surface area contributed by atoms with E-state index in [4.69, 9.17) is 0 Å². The van der Waals surface area contributed by atoms with Crippen LogP contribution in [-0.4, -0.2) is 26.7 Å². The summed E-state index contributed by atoms with van der Waals surface area (Å²) in [6.07, 6.45) is 5.57. The molecule has 1 rings (SSSR count). The third-order valence-corrected chi connectivity index (χ3v) is 2.68. The summed E-state index contributed by atoms with van der Waals surface area (Å²) in [6, 6.07) is 0.828. The van der Waals surface area contributed by atoms with Gasteiger partial charge in [0.25, 0.3) is 0 Å². The Kier molecular flexibility index (Phi) is 3.87. The van der Waals surface area contributed by atoms with E-state index in [0.717, 1.165) is 12.0 Å². The monoisotopic (exact) mass is 156 g/mol. The molecule has 1 aliphatic carbocycles. The van der Waals surface area contributed by atoms with Gasteiger partial charge in [0.2, 0.25) is 0 Å². The molecule has 1 fully saturated rings. The molecule has 11 heavy (non-hydrogen) atoms. The Morgan fingerprint density at radius 3 is 2.55 bits per heavy atom. The van der Waals surface area contributed by atoms with Gasteiger partial charge in [-0.1, -0.05) is 0 Å². The molecule has 66 valence electrons. The van der Waals surface area contributed by atoms with Crippen molar-refractivity contribution in [2.24, 2.45) is 5.92 Å². The number of nitrogens with one attached hydrogen (secondary N) is 2. The molecule has 0 unspecified atom stereocenters. The Hall–Kier alpha value is -0.0800. The fourth-order valence-corrected chi connectivity index (χ4v) is 1.77. The summed E-state index contributed by atoms with van der Waals surface area (Å²) in [4.78, 5) is 0. The molecule has 0 saturated heterocycles. The highest BCUT2D eigenvalue weighted by molar-refractivity contribution is 4.83. The molecule has 2 N–H and O–H groups in total. The fraction of sp³-hybridized carbons (Fsp3) is 1.00. The first-order valence-corrected chi connectivity index (χ1v) is 4.68. The molecular weight excluding hydrogens is 136 g/mol. The summed E-state index contributed by atoms with van der Waals surface area (Å²) in [5.41, 5.74) is 0. The molecule has 2 heteroatoms. The topological polar surface area (TPSA) is 24.1 Å². The highest BCUT2D eigenvalue weighted by Gasteiger charge is 2.26. The van der Waals surface area contributed by atoms with Crippen LogP contribution in [0.15, 0.2) is 0 Å². The summed E-state index contributed by atoms with van der Waals surface area (Å²) in [5, 5.41) is 6.49. The van der Waals surface area contributed by atoms with Crippen LogP contribution in [0.3, 0.4) is 0 Å². The third kappa shape index (κ3) is 2.80. The lowest BCUT2D eigenvalue weighted by atomic mass is 9.78. The smallest absolute Gasteiger partial charge is 0.00693 e. The van der Waals surface area contributed by atoms with Crippen LogP contribution in [0.5, 0.6) is 0 Å². The van der Waals surface area contributed by atoms with Gasteiger partial charge in [0.1, 0.15) is 0 Å². The van der Waals surface area contributed by atoms with Crippen LogP contribution in [0.2, 0.25) is 0 Å². The van der Waals surface area contributed by atoms with Crippen molar-refractivity contribution in [2.45, 2.75) is 31.7 Å². The predicted molar refractivity (Wildman–Crippen MR) is 48.7 cm³/mol. The third-order valence-electron chi connectivity index (χ3n) is 2.68. The average Bonchev–Trinajstić information content (AvgIpc) is 1.94. The van der Waals surface area contributed by atoms with Gasteiger partial charge < -0.3 is 10.6 Å². The van der Waals surface area contributed by atoms with E-state index in [1.807, 2.05) is 7.05 Å². The standard InChI is InChI=1S/C9H20N2/c1-10-5-3-4-8-6-9(7-8)11-2/h8-11H,3-7H2,1-2H3. The maximum Gasteiger partial charge on any atom is 0.00693 e. The molecule has 1 saturated carbocycles. The van der Waals surface area contributed by atoms with E-state index in [-0.39, 0.29) is 0 Å². The Labute approximate surface area is 69.8 Å². The van der Waals surface area contributed by atoms with Crippen LogP contribution in [-0.2, 0) is 0 Å². The van der Waals surface area contributed by atoms with Crippen LogP contribution >= 0.6 is 0 Å². The normalized spacial score (nSPS) is 30.0. The van der Waals surface area contributed by atoms with Crippen molar-refractivity contribution in [3.8, 4) is 0 Å². The van der Waals surface area contributed by atoms with E-state index in [1.54, 1.807) is 0 Å². The van der Waals surface area contributed by atoms with Crippen molar-refractivity contribution in [1.29, 1.82) is 0 Å². The van der Waals surface area contributed by atoms with E-state index >= 15 is 0 Å². The molecule has 0 spiro atoms. The highest BCUT2D eigenvalue weighted by atomic mass is 14.9. The van der Waals surface area contributed by atoms with Crippen LogP contribution in [0, 0.1) is 5.92 Å². The van der Waals surface area contributed by atoms with Crippen LogP contribution in [0.25, 0.3) is 0 Å². The zero-order chi connectivity index (χ0) is 8.10. The molecule has 0 bridgehead atoms. The minimum Gasteiger partial charge on any atom is -0.320 e. The van der Waals surface area contributed by atoms with Crippen LogP contribution in [0.1, 0.15) is 25.7 Å². The minimum atomic E-state index is 0.828. The molecular formula is C9H20N2. The zero-order valence-electron chi connectivity index (χ0n) is 7.69.